The van der Waals surface area contributed by atoms with Gasteiger partial charge in [-0.2, -0.15) is 0 Å². The average molecular weight is 210 g/mol. The summed E-state index contributed by atoms with van der Waals surface area (Å²) in [6.07, 6.45) is 7.19. The van der Waals surface area contributed by atoms with Gasteiger partial charge >= 0.3 is 0 Å². The molecular weight excluding hydrogens is 192 g/mol. The van der Waals surface area contributed by atoms with Crippen LogP contribution in [0, 0.1) is 5.92 Å². The van der Waals surface area contributed by atoms with E-state index in [0.717, 1.165) is 19.0 Å². The Bertz CT molecular complexity index is 254. The van der Waals surface area contributed by atoms with E-state index in [0.29, 0.717) is 5.92 Å². The second-order valence-electron chi connectivity index (χ2n) is 4.27. The third-order valence-electron chi connectivity index (χ3n) is 2.87. The molecule has 1 aliphatic carbocycles. The highest BCUT2D eigenvalue weighted by Crippen LogP contribution is 2.18. The molecular formula is C11H18N2S. The lowest BCUT2D eigenvalue weighted by Gasteiger charge is -2.27. The van der Waals surface area contributed by atoms with Crippen LogP contribution in [0.2, 0.25) is 0 Å². The molecule has 0 spiro atoms. The van der Waals surface area contributed by atoms with Crippen molar-refractivity contribution in [1.29, 1.82) is 0 Å². The van der Waals surface area contributed by atoms with Gasteiger partial charge in [0.1, 0.15) is 0 Å². The Morgan fingerprint density at radius 2 is 2.50 bits per heavy atom. The van der Waals surface area contributed by atoms with E-state index in [2.05, 4.69) is 22.6 Å². The Morgan fingerprint density at radius 1 is 1.64 bits per heavy atom. The smallest absolute Gasteiger partial charge is 0.0927 e. The van der Waals surface area contributed by atoms with E-state index in [1.807, 2.05) is 6.20 Å². The topological polar surface area (TPSA) is 24.9 Å². The van der Waals surface area contributed by atoms with E-state index in [9.17, 15) is 0 Å². The van der Waals surface area contributed by atoms with Crippen molar-refractivity contribution in [2.24, 2.45) is 5.92 Å². The van der Waals surface area contributed by atoms with Gasteiger partial charge in [0.05, 0.1) is 5.01 Å². The third-order valence-corrected chi connectivity index (χ3v) is 3.67. The first-order valence-electron chi connectivity index (χ1n) is 5.46. The first-order valence-corrected chi connectivity index (χ1v) is 6.34. The highest BCUT2D eigenvalue weighted by Gasteiger charge is 2.17. The molecule has 0 saturated heterocycles. The second-order valence-corrected chi connectivity index (χ2v) is 5.25. The monoisotopic (exact) mass is 210 g/mol. The fourth-order valence-electron chi connectivity index (χ4n) is 1.70. The van der Waals surface area contributed by atoms with Crippen LogP contribution in [0.25, 0.3) is 0 Å². The summed E-state index contributed by atoms with van der Waals surface area (Å²) in [4.78, 5) is 4.31. The number of thiazole rings is 1. The Morgan fingerprint density at radius 3 is 3.07 bits per heavy atom. The molecule has 1 aromatic rings. The summed E-state index contributed by atoms with van der Waals surface area (Å²) < 4.78 is 0. The lowest BCUT2D eigenvalue weighted by atomic mass is 9.92. The highest BCUT2D eigenvalue weighted by molar-refractivity contribution is 7.09. The SMILES string of the molecule is CC(CNC1CCC1)Cc1nccs1. The van der Waals surface area contributed by atoms with Crippen molar-refractivity contribution in [2.45, 2.75) is 38.6 Å². The summed E-state index contributed by atoms with van der Waals surface area (Å²) in [6, 6.07) is 0.814. The molecule has 1 fully saturated rings. The average Bonchev–Trinajstić information content (AvgIpc) is 2.54. The fourth-order valence-corrected chi connectivity index (χ4v) is 2.49. The fraction of sp³-hybridized carbons (Fsp3) is 0.727. The Balaban J connectivity index is 1.65. The molecule has 0 radical (unpaired) electrons. The van der Waals surface area contributed by atoms with Crippen molar-refractivity contribution in [1.82, 2.24) is 10.3 Å². The standard InChI is InChI=1S/C11H18N2S/c1-9(7-11-12-5-6-14-11)8-13-10-3-2-4-10/h5-6,9-10,13H,2-4,7-8H2,1H3. The molecule has 14 heavy (non-hydrogen) atoms. The van der Waals surface area contributed by atoms with E-state index in [4.69, 9.17) is 0 Å². The molecule has 1 N–H and O–H groups in total. The number of hydrogen-bond acceptors (Lipinski definition) is 3. The van der Waals surface area contributed by atoms with E-state index in [1.54, 1.807) is 11.3 Å². The van der Waals surface area contributed by atoms with Crippen LogP contribution >= 0.6 is 11.3 Å². The minimum Gasteiger partial charge on any atom is -0.314 e. The van der Waals surface area contributed by atoms with Gasteiger partial charge in [0.2, 0.25) is 0 Å². The summed E-state index contributed by atoms with van der Waals surface area (Å²) in [7, 11) is 0. The zero-order valence-electron chi connectivity index (χ0n) is 8.70. The lowest BCUT2D eigenvalue weighted by molar-refractivity contribution is 0.320. The zero-order chi connectivity index (χ0) is 9.80. The molecule has 0 amide bonds. The minimum absolute atomic E-state index is 0.710. The molecule has 1 unspecified atom stereocenters. The van der Waals surface area contributed by atoms with Crippen LogP contribution in [-0.2, 0) is 6.42 Å². The summed E-state index contributed by atoms with van der Waals surface area (Å²) >= 11 is 1.77. The molecule has 0 aromatic carbocycles. The van der Waals surface area contributed by atoms with E-state index in [-0.39, 0.29) is 0 Å². The largest absolute Gasteiger partial charge is 0.314 e. The maximum atomic E-state index is 4.31. The van der Waals surface area contributed by atoms with Crippen LogP contribution < -0.4 is 5.32 Å². The summed E-state index contributed by atoms with van der Waals surface area (Å²) in [6.45, 7) is 3.44. The van der Waals surface area contributed by atoms with Crippen LogP contribution in [-0.4, -0.2) is 17.6 Å². The Kier molecular flexibility index (Phi) is 3.54. The molecule has 0 aliphatic heterocycles. The molecule has 1 atom stereocenters. The number of rotatable bonds is 5. The molecule has 1 aromatic heterocycles. The number of nitrogens with zero attached hydrogens (tertiary/aromatic N) is 1. The van der Waals surface area contributed by atoms with Gasteiger partial charge in [-0.1, -0.05) is 13.3 Å². The van der Waals surface area contributed by atoms with E-state index >= 15 is 0 Å². The molecule has 1 saturated carbocycles. The predicted octanol–water partition coefficient (Wildman–Crippen LogP) is 2.46. The van der Waals surface area contributed by atoms with Crippen molar-refractivity contribution in [3.05, 3.63) is 16.6 Å². The van der Waals surface area contributed by atoms with Gasteiger partial charge in [0, 0.05) is 24.0 Å². The van der Waals surface area contributed by atoms with Crippen LogP contribution in [0.1, 0.15) is 31.2 Å². The predicted molar refractivity (Wildman–Crippen MR) is 60.6 cm³/mol. The van der Waals surface area contributed by atoms with Crippen molar-refractivity contribution in [3.8, 4) is 0 Å². The van der Waals surface area contributed by atoms with Gasteiger partial charge in [-0.05, 0) is 25.3 Å². The van der Waals surface area contributed by atoms with E-state index < -0.39 is 0 Å². The van der Waals surface area contributed by atoms with Crippen LogP contribution in [0.5, 0.6) is 0 Å². The van der Waals surface area contributed by atoms with Crippen LogP contribution in [0.3, 0.4) is 0 Å². The van der Waals surface area contributed by atoms with Crippen molar-refractivity contribution < 1.29 is 0 Å². The van der Waals surface area contributed by atoms with Gasteiger partial charge in [-0.3, -0.25) is 0 Å². The van der Waals surface area contributed by atoms with Gasteiger partial charge in [0.15, 0.2) is 0 Å². The first kappa shape index (κ1) is 10.1. The first-order chi connectivity index (χ1) is 6.84. The molecule has 78 valence electrons. The van der Waals surface area contributed by atoms with Gasteiger partial charge in [0.25, 0.3) is 0 Å². The third kappa shape index (κ3) is 2.79. The Hall–Kier alpha value is -0.410. The number of aromatic nitrogens is 1. The number of nitrogens with one attached hydrogen (secondary N) is 1. The minimum atomic E-state index is 0.710. The van der Waals surface area contributed by atoms with Crippen LogP contribution in [0.15, 0.2) is 11.6 Å². The molecule has 1 aliphatic rings. The second kappa shape index (κ2) is 4.89. The quantitative estimate of drug-likeness (QED) is 0.807. The molecule has 3 heteroatoms. The Labute approximate surface area is 89.8 Å². The number of hydrogen-bond donors (Lipinski definition) is 1. The van der Waals surface area contributed by atoms with Gasteiger partial charge < -0.3 is 5.32 Å². The zero-order valence-corrected chi connectivity index (χ0v) is 9.52. The van der Waals surface area contributed by atoms with Crippen LogP contribution in [0.4, 0.5) is 0 Å². The van der Waals surface area contributed by atoms with Gasteiger partial charge in [-0.25, -0.2) is 4.98 Å². The highest BCUT2D eigenvalue weighted by atomic mass is 32.1. The molecule has 2 nitrogen and oxygen atoms in total. The van der Waals surface area contributed by atoms with Gasteiger partial charge in [-0.15, -0.1) is 11.3 Å². The summed E-state index contributed by atoms with van der Waals surface area (Å²) in [5, 5.41) is 6.94. The maximum absolute atomic E-state index is 4.31. The molecule has 2 rings (SSSR count). The maximum Gasteiger partial charge on any atom is 0.0927 e. The van der Waals surface area contributed by atoms with Crippen molar-refractivity contribution in [3.63, 3.8) is 0 Å². The van der Waals surface area contributed by atoms with Crippen molar-refractivity contribution in [2.75, 3.05) is 6.54 Å². The summed E-state index contributed by atoms with van der Waals surface area (Å²) in [5.41, 5.74) is 0. The summed E-state index contributed by atoms with van der Waals surface area (Å²) in [5.74, 6) is 0.710. The molecule has 1 heterocycles. The lowest BCUT2D eigenvalue weighted by Crippen LogP contribution is -2.38. The molecule has 0 bridgehead atoms. The van der Waals surface area contributed by atoms with E-state index in [1.165, 1.54) is 24.3 Å². The van der Waals surface area contributed by atoms with Crippen molar-refractivity contribution >= 4 is 11.3 Å². The normalized spacial score (nSPS) is 19.2.